The topological polar surface area (TPSA) is 8.17 Å². The molecular weight excluding hydrogens is 845 g/mol. The molecule has 15 aromatic rings. The Hall–Kier alpha value is -9.24. The number of hydrogen-bond acceptors (Lipinski definition) is 1. The highest BCUT2D eigenvalue weighted by atomic mass is 15.1. The molecule has 0 aliphatic carbocycles. The fourth-order valence-electron chi connectivity index (χ4n) is 11.9. The first-order chi connectivity index (χ1) is 34.7. The van der Waals surface area contributed by atoms with Crippen LogP contribution in [0.1, 0.15) is 0 Å². The summed E-state index contributed by atoms with van der Waals surface area (Å²) in [5.41, 5.74) is 11.6. The van der Waals surface area contributed by atoms with Crippen molar-refractivity contribution in [2.45, 2.75) is 0 Å². The zero-order chi connectivity index (χ0) is 45.9. The summed E-state index contributed by atoms with van der Waals surface area (Å²) in [6.07, 6.45) is 0. The molecule has 0 amide bonds. The van der Waals surface area contributed by atoms with Gasteiger partial charge in [0.1, 0.15) is 0 Å². The molecule has 2 heteroatoms. The van der Waals surface area contributed by atoms with Crippen molar-refractivity contribution in [3.63, 3.8) is 0 Å². The van der Waals surface area contributed by atoms with Gasteiger partial charge in [0.05, 0.1) is 11.0 Å². The summed E-state index contributed by atoms with van der Waals surface area (Å²) in [5, 5.41) is 20.3. The molecule has 1 heterocycles. The molecule has 0 spiro atoms. The van der Waals surface area contributed by atoms with Gasteiger partial charge in [-0.15, -0.1) is 0 Å². The molecule has 14 aromatic carbocycles. The maximum atomic E-state index is 2.46. The van der Waals surface area contributed by atoms with Crippen LogP contribution in [-0.4, -0.2) is 4.57 Å². The lowest BCUT2D eigenvalue weighted by molar-refractivity contribution is 1.18. The van der Waals surface area contributed by atoms with Gasteiger partial charge in [0.15, 0.2) is 0 Å². The Labute approximate surface area is 404 Å². The molecule has 0 atom stereocenters. The van der Waals surface area contributed by atoms with E-state index >= 15 is 0 Å². The smallest absolute Gasteiger partial charge is 0.0547 e. The van der Waals surface area contributed by atoms with Crippen LogP contribution in [-0.2, 0) is 0 Å². The van der Waals surface area contributed by atoms with Crippen molar-refractivity contribution in [2.24, 2.45) is 0 Å². The van der Waals surface area contributed by atoms with Crippen molar-refractivity contribution in [1.82, 2.24) is 4.57 Å². The van der Waals surface area contributed by atoms with Crippen LogP contribution in [0.2, 0.25) is 0 Å². The number of benzene rings is 13. The Bertz CT molecular complexity index is 4550. The summed E-state index contributed by atoms with van der Waals surface area (Å²) >= 11 is 0. The maximum absolute atomic E-state index is 2.46. The standard InChI is InChI=1S/C68H42N2/c1-2-17-51(18-3-1)70-63-25-7-6-20-57(63)58-39-34-49(41-64(58)70)43-30-35-52(36-31-43)69(53-37-32-45(33-38-53)56-21-8-13-44-12-4-5-19-55(44)56)54-40-50-29-28-48-15-10-23-60-59-22-9-14-46-26-27-47-16-11-24-61(67(47)65(46)59)62(42-54)68(50)66(48)60/h1-42H. The van der Waals surface area contributed by atoms with E-state index in [0.717, 1.165) is 22.7 Å². The van der Waals surface area contributed by atoms with E-state index < -0.39 is 0 Å². The molecule has 15 rings (SSSR count). The second kappa shape index (κ2) is 15.1. The number of hydrogen-bond donors (Lipinski definition) is 0. The Kier molecular flexibility index (Phi) is 8.39. The summed E-state index contributed by atoms with van der Waals surface area (Å²) in [5.74, 6) is 0. The van der Waals surface area contributed by atoms with E-state index in [2.05, 4.69) is 264 Å². The SMILES string of the molecule is c1ccc(-n2c3ccccc3c3ccc(-c4ccc(N(c5ccc(-c6cccc7ccccc67)cc5)c5cc6ccc7cccc8c9cccc%10ccc%11cccc(c(c5)c6c78)c%11c%109)cc4)cc32)cc1. The highest BCUT2D eigenvalue weighted by Gasteiger charge is 2.21. The third-order valence-corrected chi connectivity index (χ3v) is 15.0. The first-order valence-corrected chi connectivity index (χ1v) is 24.2. The predicted molar refractivity (Wildman–Crippen MR) is 300 cm³/mol. The van der Waals surface area contributed by atoms with Crippen LogP contribution in [0.5, 0.6) is 0 Å². The normalized spacial score (nSPS) is 12.0. The first kappa shape index (κ1) is 38.8. The van der Waals surface area contributed by atoms with Crippen molar-refractivity contribution in [1.29, 1.82) is 0 Å². The molecule has 2 nitrogen and oxygen atoms in total. The molecule has 0 aliphatic rings. The van der Waals surface area contributed by atoms with Gasteiger partial charge < -0.3 is 9.47 Å². The average molecular weight is 887 g/mol. The van der Waals surface area contributed by atoms with E-state index in [1.807, 2.05) is 0 Å². The fraction of sp³-hybridized carbons (Fsp3) is 0. The summed E-state index contributed by atoms with van der Waals surface area (Å²) in [6.45, 7) is 0. The van der Waals surface area contributed by atoms with Gasteiger partial charge in [0.2, 0.25) is 0 Å². The minimum atomic E-state index is 1.09. The van der Waals surface area contributed by atoms with Crippen molar-refractivity contribution >= 4 is 114 Å². The predicted octanol–water partition coefficient (Wildman–Crippen LogP) is 19.1. The van der Waals surface area contributed by atoms with Gasteiger partial charge in [0, 0.05) is 33.5 Å². The third kappa shape index (κ3) is 5.81. The monoisotopic (exact) mass is 886 g/mol. The van der Waals surface area contributed by atoms with Crippen molar-refractivity contribution in [3.05, 3.63) is 255 Å². The number of anilines is 3. The van der Waals surface area contributed by atoms with Gasteiger partial charge in [-0.1, -0.05) is 194 Å². The Morgan fingerprint density at radius 2 is 0.729 bits per heavy atom. The molecular formula is C68H42N2. The highest BCUT2D eigenvalue weighted by molar-refractivity contribution is 6.37. The van der Waals surface area contributed by atoms with Crippen LogP contribution >= 0.6 is 0 Å². The molecule has 0 saturated heterocycles. The van der Waals surface area contributed by atoms with Crippen LogP contribution in [0, 0.1) is 0 Å². The van der Waals surface area contributed by atoms with Crippen LogP contribution in [0.25, 0.3) is 125 Å². The van der Waals surface area contributed by atoms with Crippen molar-refractivity contribution < 1.29 is 0 Å². The lowest BCUT2D eigenvalue weighted by atomic mass is 9.87. The number of fused-ring (bicyclic) bond motifs is 6. The second-order valence-electron chi connectivity index (χ2n) is 18.8. The van der Waals surface area contributed by atoms with Gasteiger partial charge in [-0.3, -0.25) is 0 Å². The van der Waals surface area contributed by atoms with E-state index in [9.17, 15) is 0 Å². The van der Waals surface area contributed by atoms with Crippen molar-refractivity contribution in [3.8, 4) is 27.9 Å². The summed E-state index contributed by atoms with van der Waals surface area (Å²) < 4.78 is 2.40. The fourth-order valence-corrected chi connectivity index (χ4v) is 11.9. The Morgan fingerprint density at radius 1 is 0.243 bits per heavy atom. The molecule has 324 valence electrons. The molecule has 0 fully saturated rings. The quantitative estimate of drug-likeness (QED) is 0.151. The van der Waals surface area contributed by atoms with Crippen LogP contribution in [0.15, 0.2) is 255 Å². The lowest BCUT2D eigenvalue weighted by Crippen LogP contribution is -2.10. The maximum Gasteiger partial charge on any atom is 0.0547 e. The molecule has 0 aliphatic heterocycles. The van der Waals surface area contributed by atoms with E-state index in [1.165, 1.54) is 119 Å². The van der Waals surface area contributed by atoms with E-state index in [-0.39, 0.29) is 0 Å². The Morgan fingerprint density at radius 3 is 1.41 bits per heavy atom. The van der Waals surface area contributed by atoms with Crippen LogP contribution in [0.3, 0.4) is 0 Å². The van der Waals surface area contributed by atoms with Gasteiger partial charge in [0.25, 0.3) is 0 Å². The van der Waals surface area contributed by atoms with E-state index in [0.29, 0.717) is 0 Å². The number of nitrogens with zero attached hydrogens (tertiary/aromatic N) is 2. The summed E-state index contributed by atoms with van der Waals surface area (Å²) in [7, 11) is 0. The van der Waals surface area contributed by atoms with E-state index in [1.54, 1.807) is 0 Å². The van der Waals surface area contributed by atoms with Crippen LogP contribution in [0.4, 0.5) is 17.1 Å². The van der Waals surface area contributed by atoms with Crippen molar-refractivity contribution in [2.75, 3.05) is 4.90 Å². The summed E-state index contributed by atoms with van der Waals surface area (Å²) in [4.78, 5) is 2.45. The van der Waals surface area contributed by atoms with Gasteiger partial charge in [-0.2, -0.15) is 0 Å². The zero-order valence-corrected chi connectivity index (χ0v) is 38.1. The minimum absolute atomic E-state index is 1.09. The average Bonchev–Trinajstić information content (AvgIpc) is 3.76. The van der Waals surface area contributed by atoms with Gasteiger partial charge in [-0.25, -0.2) is 0 Å². The molecule has 70 heavy (non-hydrogen) atoms. The van der Waals surface area contributed by atoms with E-state index in [4.69, 9.17) is 0 Å². The van der Waals surface area contributed by atoms with Gasteiger partial charge in [-0.05, 0) is 158 Å². The Balaban J connectivity index is 0.957. The lowest BCUT2D eigenvalue weighted by Gasteiger charge is -2.27. The molecule has 1 aromatic heterocycles. The molecule has 0 bridgehead atoms. The largest absolute Gasteiger partial charge is 0.310 e. The first-order valence-electron chi connectivity index (χ1n) is 24.2. The zero-order valence-electron chi connectivity index (χ0n) is 38.1. The molecule has 0 unspecified atom stereocenters. The second-order valence-corrected chi connectivity index (χ2v) is 18.8. The summed E-state index contributed by atoms with van der Waals surface area (Å²) in [6, 6.07) is 94.6. The molecule has 0 N–H and O–H groups in total. The van der Waals surface area contributed by atoms with Crippen LogP contribution < -0.4 is 4.90 Å². The molecule has 0 radical (unpaired) electrons. The number of rotatable bonds is 6. The molecule has 0 saturated carbocycles. The van der Waals surface area contributed by atoms with Gasteiger partial charge >= 0.3 is 0 Å². The number of para-hydroxylation sites is 2. The third-order valence-electron chi connectivity index (χ3n) is 15.0. The number of aromatic nitrogens is 1. The minimum Gasteiger partial charge on any atom is -0.310 e. The highest BCUT2D eigenvalue weighted by Crippen LogP contribution is 2.47.